The van der Waals surface area contributed by atoms with Crippen LogP contribution in [0.1, 0.15) is 116 Å². The summed E-state index contributed by atoms with van der Waals surface area (Å²) in [6.45, 7) is 2.22. The van der Waals surface area contributed by atoms with Crippen molar-refractivity contribution in [3.8, 4) is 0 Å². The van der Waals surface area contributed by atoms with Gasteiger partial charge in [-0.25, -0.2) is 0 Å². The molecule has 3 atom stereocenters. The lowest BCUT2D eigenvalue weighted by atomic mass is 9.98. The number of carbonyl (C=O) groups is 1. The molecule has 27 heavy (non-hydrogen) atoms. The molecule has 0 rings (SSSR count). The first kappa shape index (κ1) is 26.4. The highest BCUT2D eigenvalue weighted by Crippen LogP contribution is 2.16. The second-order valence-electron chi connectivity index (χ2n) is 7.98. The number of aliphatic hydroxyl groups excluding tert-OH is 3. The van der Waals surface area contributed by atoms with Crippen molar-refractivity contribution in [1.82, 2.24) is 0 Å². The van der Waals surface area contributed by atoms with Crippen LogP contribution < -0.4 is 0 Å². The monoisotopic (exact) mass is 388 g/mol. The van der Waals surface area contributed by atoms with Gasteiger partial charge in [0.05, 0.1) is 18.3 Å². The van der Waals surface area contributed by atoms with E-state index in [0.717, 1.165) is 38.5 Å². The van der Waals surface area contributed by atoms with Crippen LogP contribution in [0.25, 0.3) is 0 Å². The maximum Gasteiger partial charge on any atom is 0.303 e. The van der Waals surface area contributed by atoms with E-state index in [1.807, 2.05) is 0 Å². The largest absolute Gasteiger partial charge is 0.481 e. The topological polar surface area (TPSA) is 98.0 Å². The standard InChI is InChI=1S/C22H44O5/c1-2-3-4-5-6-7-10-14-19(23)15-13-17-21(25)20(24)16-11-8-9-12-18-22(26)27/h19-21,23-25H,2-18H2,1H3,(H,26,27)/t19-,20+,21-/m0/s1. The molecule has 0 aliphatic carbocycles. The van der Waals surface area contributed by atoms with Crippen LogP contribution in [0.5, 0.6) is 0 Å². The van der Waals surface area contributed by atoms with Gasteiger partial charge in [-0.1, -0.05) is 71.1 Å². The Balaban J connectivity index is 3.51. The van der Waals surface area contributed by atoms with Gasteiger partial charge in [0, 0.05) is 6.42 Å². The van der Waals surface area contributed by atoms with Crippen LogP contribution in [0.4, 0.5) is 0 Å². The van der Waals surface area contributed by atoms with Crippen LogP contribution in [-0.2, 0) is 4.79 Å². The van der Waals surface area contributed by atoms with E-state index in [0.29, 0.717) is 25.7 Å². The number of carboxylic acid groups (broad SMARTS) is 1. The van der Waals surface area contributed by atoms with Gasteiger partial charge >= 0.3 is 5.97 Å². The molecule has 162 valence electrons. The number of hydrogen-bond donors (Lipinski definition) is 4. The van der Waals surface area contributed by atoms with Crippen molar-refractivity contribution in [3.63, 3.8) is 0 Å². The van der Waals surface area contributed by atoms with Gasteiger partial charge < -0.3 is 20.4 Å². The maximum absolute atomic E-state index is 10.4. The number of unbranched alkanes of at least 4 members (excludes halogenated alkanes) is 9. The Hall–Kier alpha value is -0.650. The number of aliphatic hydroxyl groups is 3. The first-order valence-corrected chi connectivity index (χ1v) is 11.2. The Morgan fingerprint density at radius 3 is 1.67 bits per heavy atom. The quantitative estimate of drug-likeness (QED) is 0.224. The molecule has 0 unspecified atom stereocenters. The zero-order chi connectivity index (χ0) is 20.3. The average molecular weight is 389 g/mol. The Morgan fingerprint density at radius 2 is 1.07 bits per heavy atom. The number of rotatable bonds is 20. The van der Waals surface area contributed by atoms with E-state index in [9.17, 15) is 20.1 Å². The first-order valence-electron chi connectivity index (χ1n) is 11.2. The summed E-state index contributed by atoms with van der Waals surface area (Å²) in [6, 6.07) is 0. The predicted octanol–water partition coefficient (Wildman–Crippen LogP) is 4.81. The minimum absolute atomic E-state index is 0.201. The Bertz CT molecular complexity index is 335. The molecule has 0 spiro atoms. The lowest BCUT2D eigenvalue weighted by Gasteiger charge is -2.18. The van der Waals surface area contributed by atoms with Crippen molar-refractivity contribution in [2.45, 2.75) is 134 Å². The van der Waals surface area contributed by atoms with Gasteiger partial charge in [0.1, 0.15) is 0 Å². The van der Waals surface area contributed by atoms with Gasteiger partial charge in [0.25, 0.3) is 0 Å². The smallest absolute Gasteiger partial charge is 0.303 e. The molecule has 4 N–H and O–H groups in total. The second kappa shape index (κ2) is 18.7. The third kappa shape index (κ3) is 18.5. The molecule has 5 nitrogen and oxygen atoms in total. The molecule has 0 amide bonds. The SMILES string of the molecule is CCCCCCCCC[C@H](O)CCC[C@H](O)[C@H](O)CCCCCCC(=O)O. The van der Waals surface area contributed by atoms with Crippen molar-refractivity contribution < 1.29 is 25.2 Å². The highest BCUT2D eigenvalue weighted by molar-refractivity contribution is 5.66. The van der Waals surface area contributed by atoms with E-state index in [4.69, 9.17) is 5.11 Å². The summed E-state index contributed by atoms with van der Waals surface area (Å²) in [6.07, 6.45) is 13.7. The van der Waals surface area contributed by atoms with Gasteiger partial charge in [0.15, 0.2) is 0 Å². The van der Waals surface area contributed by atoms with E-state index in [1.54, 1.807) is 0 Å². The molecule has 0 radical (unpaired) electrons. The molecular weight excluding hydrogens is 344 g/mol. The summed E-state index contributed by atoms with van der Waals surface area (Å²) < 4.78 is 0. The van der Waals surface area contributed by atoms with Crippen LogP contribution in [0.15, 0.2) is 0 Å². The second-order valence-corrected chi connectivity index (χ2v) is 7.98. The van der Waals surface area contributed by atoms with Crippen molar-refractivity contribution in [1.29, 1.82) is 0 Å². The molecule has 0 saturated heterocycles. The molecule has 5 heteroatoms. The van der Waals surface area contributed by atoms with E-state index in [1.165, 1.54) is 38.5 Å². The molecule has 0 bridgehead atoms. The predicted molar refractivity (Wildman–Crippen MR) is 110 cm³/mol. The van der Waals surface area contributed by atoms with Gasteiger partial charge in [0.2, 0.25) is 0 Å². The summed E-state index contributed by atoms with van der Waals surface area (Å²) in [5.41, 5.74) is 0. The molecule has 0 saturated carbocycles. The number of carboxylic acids is 1. The van der Waals surface area contributed by atoms with Crippen LogP contribution >= 0.6 is 0 Å². The highest BCUT2D eigenvalue weighted by atomic mass is 16.4. The summed E-state index contributed by atoms with van der Waals surface area (Å²) in [5, 5.41) is 38.6. The van der Waals surface area contributed by atoms with Gasteiger partial charge in [-0.2, -0.15) is 0 Å². The van der Waals surface area contributed by atoms with E-state index in [2.05, 4.69) is 6.92 Å². The highest BCUT2D eigenvalue weighted by Gasteiger charge is 2.16. The van der Waals surface area contributed by atoms with E-state index in [-0.39, 0.29) is 12.5 Å². The fourth-order valence-electron chi connectivity index (χ4n) is 3.41. The summed E-state index contributed by atoms with van der Waals surface area (Å²) in [4.78, 5) is 10.4. The number of hydrogen-bond acceptors (Lipinski definition) is 4. The van der Waals surface area contributed by atoms with Crippen LogP contribution in [0, 0.1) is 0 Å². The van der Waals surface area contributed by atoms with Gasteiger partial charge in [-0.15, -0.1) is 0 Å². The molecule has 0 aromatic rings. The van der Waals surface area contributed by atoms with E-state index >= 15 is 0 Å². The third-order valence-corrected chi connectivity index (χ3v) is 5.26. The third-order valence-electron chi connectivity index (χ3n) is 5.26. The fraction of sp³-hybridized carbons (Fsp3) is 0.955. The van der Waals surface area contributed by atoms with Crippen molar-refractivity contribution in [3.05, 3.63) is 0 Å². The Labute approximate surface area is 166 Å². The van der Waals surface area contributed by atoms with Crippen LogP contribution in [0.3, 0.4) is 0 Å². The van der Waals surface area contributed by atoms with Crippen LogP contribution in [-0.4, -0.2) is 44.7 Å². The molecule has 0 aliphatic rings. The zero-order valence-electron chi connectivity index (χ0n) is 17.4. The first-order chi connectivity index (χ1) is 13.0. The molecule has 0 heterocycles. The fourth-order valence-corrected chi connectivity index (χ4v) is 3.41. The van der Waals surface area contributed by atoms with Crippen molar-refractivity contribution in [2.75, 3.05) is 0 Å². The maximum atomic E-state index is 10.4. The minimum Gasteiger partial charge on any atom is -0.481 e. The Morgan fingerprint density at radius 1 is 0.630 bits per heavy atom. The summed E-state index contributed by atoms with van der Waals surface area (Å²) >= 11 is 0. The minimum atomic E-state index is -0.764. The van der Waals surface area contributed by atoms with Gasteiger partial charge in [-0.05, 0) is 38.5 Å². The molecule has 0 aromatic heterocycles. The Kier molecular flexibility index (Phi) is 18.3. The van der Waals surface area contributed by atoms with Gasteiger partial charge in [-0.3, -0.25) is 4.79 Å². The normalized spacial score (nSPS) is 14.8. The van der Waals surface area contributed by atoms with Crippen molar-refractivity contribution >= 4 is 5.97 Å². The zero-order valence-corrected chi connectivity index (χ0v) is 17.4. The summed E-state index contributed by atoms with van der Waals surface area (Å²) in [7, 11) is 0. The molecule has 0 fully saturated rings. The average Bonchev–Trinajstić information content (AvgIpc) is 2.63. The summed E-state index contributed by atoms with van der Waals surface area (Å²) in [5.74, 6) is -0.764. The molecular formula is C22H44O5. The van der Waals surface area contributed by atoms with Crippen molar-refractivity contribution in [2.24, 2.45) is 0 Å². The van der Waals surface area contributed by atoms with E-state index < -0.39 is 18.2 Å². The molecule has 0 aromatic carbocycles. The molecule has 0 aliphatic heterocycles. The lowest BCUT2D eigenvalue weighted by Crippen LogP contribution is -2.26. The lowest BCUT2D eigenvalue weighted by molar-refractivity contribution is -0.137. The van der Waals surface area contributed by atoms with Crippen LogP contribution in [0.2, 0.25) is 0 Å². The number of aliphatic carboxylic acids is 1.